The largest absolute Gasteiger partial charge is 0.444 e. The lowest BCUT2D eigenvalue weighted by molar-refractivity contribution is -0.121. The highest BCUT2D eigenvalue weighted by molar-refractivity contribution is 14.0. The number of carbonyl (C=O) groups is 2. The van der Waals surface area contributed by atoms with Gasteiger partial charge in [0.05, 0.1) is 0 Å². The number of rotatable bonds is 7. The van der Waals surface area contributed by atoms with Crippen LogP contribution in [0.25, 0.3) is 0 Å². The Bertz CT molecular complexity index is 537. The van der Waals surface area contributed by atoms with Crippen LogP contribution in [0, 0.1) is 0 Å². The molecule has 1 aliphatic carbocycles. The first-order valence-corrected chi connectivity index (χ1v) is 9.74. The number of nitrogens with one attached hydrogen (secondary N) is 3. The van der Waals surface area contributed by atoms with Crippen molar-refractivity contribution in [2.24, 2.45) is 4.99 Å². The van der Waals surface area contributed by atoms with Crippen molar-refractivity contribution in [2.45, 2.75) is 78.5 Å². The number of guanidine groups is 1. The predicted octanol–water partition coefficient (Wildman–Crippen LogP) is 2.47. The number of amides is 2. The molecule has 0 aromatic rings. The van der Waals surface area contributed by atoms with Crippen molar-refractivity contribution in [1.82, 2.24) is 20.9 Å². The second-order valence-electron chi connectivity index (χ2n) is 8.83. The average molecular weight is 511 g/mol. The fourth-order valence-corrected chi connectivity index (χ4v) is 2.37. The Morgan fingerprint density at radius 1 is 1.11 bits per heavy atom. The van der Waals surface area contributed by atoms with Crippen molar-refractivity contribution in [3.8, 4) is 0 Å². The van der Waals surface area contributed by atoms with Gasteiger partial charge in [0, 0.05) is 31.2 Å². The van der Waals surface area contributed by atoms with Gasteiger partial charge < -0.3 is 25.6 Å². The average Bonchev–Trinajstić information content (AvgIpc) is 3.29. The fraction of sp³-hybridized carbons (Fsp3) is 0.842. The lowest BCUT2D eigenvalue weighted by Crippen LogP contribution is -2.46. The van der Waals surface area contributed by atoms with Gasteiger partial charge >= 0.3 is 6.09 Å². The van der Waals surface area contributed by atoms with Crippen LogP contribution in [-0.4, -0.2) is 66.2 Å². The van der Waals surface area contributed by atoms with Crippen molar-refractivity contribution >= 4 is 41.9 Å². The molecule has 1 fully saturated rings. The molecule has 0 unspecified atom stereocenters. The third kappa shape index (κ3) is 12.2. The van der Waals surface area contributed by atoms with Crippen LogP contribution in [0.1, 0.15) is 61.3 Å². The van der Waals surface area contributed by atoms with E-state index in [-0.39, 0.29) is 54.1 Å². The maximum absolute atomic E-state index is 12.4. The monoisotopic (exact) mass is 511 g/mol. The van der Waals surface area contributed by atoms with E-state index >= 15 is 0 Å². The van der Waals surface area contributed by atoms with Crippen molar-refractivity contribution in [3.63, 3.8) is 0 Å². The van der Waals surface area contributed by atoms with E-state index in [0.717, 1.165) is 12.8 Å². The van der Waals surface area contributed by atoms with Gasteiger partial charge in [-0.2, -0.15) is 0 Å². The van der Waals surface area contributed by atoms with E-state index in [1.807, 2.05) is 48.5 Å². The van der Waals surface area contributed by atoms with Crippen LogP contribution >= 0.6 is 24.0 Å². The van der Waals surface area contributed by atoms with E-state index in [4.69, 9.17) is 4.74 Å². The minimum absolute atomic E-state index is 0. The van der Waals surface area contributed by atoms with Crippen LogP contribution in [0.15, 0.2) is 4.99 Å². The van der Waals surface area contributed by atoms with Crippen LogP contribution in [0.3, 0.4) is 0 Å². The summed E-state index contributed by atoms with van der Waals surface area (Å²) in [4.78, 5) is 30.4. The zero-order valence-electron chi connectivity index (χ0n) is 18.3. The summed E-state index contributed by atoms with van der Waals surface area (Å²) in [6.07, 6.45) is 1.75. The molecule has 1 saturated carbocycles. The molecule has 0 aliphatic heterocycles. The van der Waals surface area contributed by atoms with Crippen LogP contribution in [0.2, 0.25) is 0 Å². The standard InChI is InChI=1S/C19H37N5O3.HI/c1-8-20-16(22-13-15(25)23-18(2,3)4)21-11-12-24(14-9-10-14)17(26)27-19(5,6)7;/h14H,8-13H2,1-7H3,(H,23,25)(H2,20,21,22);1H. The first-order chi connectivity index (χ1) is 12.4. The second kappa shape index (κ2) is 11.7. The Kier molecular flexibility index (Phi) is 11.1. The molecule has 2 amide bonds. The summed E-state index contributed by atoms with van der Waals surface area (Å²) >= 11 is 0. The van der Waals surface area contributed by atoms with Gasteiger partial charge in [0.2, 0.25) is 5.91 Å². The number of hydrogen-bond acceptors (Lipinski definition) is 4. The SMILES string of the molecule is CCNC(=NCC(=O)NC(C)(C)C)NCCN(C(=O)OC(C)(C)C)C1CC1.I. The quantitative estimate of drug-likeness (QED) is 0.278. The minimum Gasteiger partial charge on any atom is -0.444 e. The summed E-state index contributed by atoms with van der Waals surface area (Å²) in [5.74, 6) is 0.426. The predicted molar refractivity (Wildman–Crippen MR) is 123 cm³/mol. The van der Waals surface area contributed by atoms with Crippen LogP contribution < -0.4 is 16.0 Å². The van der Waals surface area contributed by atoms with E-state index < -0.39 is 5.60 Å². The van der Waals surface area contributed by atoms with Gasteiger partial charge in [-0.05, 0) is 61.3 Å². The molecule has 0 heterocycles. The van der Waals surface area contributed by atoms with Gasteiger partial charge in [-0.15, -0.1) is 24.0 Å². The molecule has 0 atom stereocenters. The number of nitrogens with zero attached hydrogens (tertiary/aromatic N) is 2. The van der Waals surface area contributed by atoms with Crippen LogP contribution in [-0.2, 0) is 9.53 Å². The molecule has 0 bridgehead atoms. The van der Waals surface area contributed by atoms with Gasteiger partial charge in [-0.3, -0.25) is 4.79 Å². The summed E-state index contributed by atoms with van der Waals surface area (Å²) < 4.78 is 5.49. The molecule has 1 aliphatic rings. The lowest BCUT2D eigenvalue weighted by atomic mass is 10.1. The molecule has 9 heteroatoms. The topological polar surface area (TPSA) is 95.1 Å². The van der Waals surface area contributed by atoms with E-state index in [1.54, 1.807) is 4.90 Å². The highest BCUT2D eigenvalue weighted by Crippen LogP contribution is 2.27. The maximum Gasteiger partial charge on any atom is 0.410 e. The third-order valence-corrected chi connectivity index (χ3v) is 3.50. The summed E-state index contributed by atoms with van der Waals surface area (Å²) in [6, 6.07) is 0.263. The van der Waals surface area contributed by atoms with Gasteiger partial charge in [0.15, 0.2) is 5.96 Å². The number of ether oxygens (including phenoxy) is 1. The summed E-state index contributed by atoms with van der Waals surface area (Å²) in [5.41, 5.74) is -0.787. The zero-order chi connectivity index (χ0) is 20.7. The molecule has 164 valence electrons. The minimum atomic E-state index is -0.506. The Balaban J connectivity index is 0.00000729. The van der Waals surface area contributed by atoms with Gasteiger partial charge in [-0.25, -0.2) is 9.79 Å². The van der Waals surface area contributed by atoms with Crippen molar-refractivity contribution in [1.29, 1.82) is 0 Å². The first kappa shape index (κ1) is 26.7. The molecule has 0 aromatic heterocycles. The Hall–Kier alpha value is -1.26. The molecule has 1 rings (SSSR count). The summed E-state index contributed by atoms with van der Waals surface area (Å²) in [5, 5.41) is 9.17. The van der Waals surface area contributed by atoms with Crippen molar-refractivity contribution < 1.29 is 14.3 Å². The first-order valence-electron chi connectivity index (χ1n) is 9.74. The Morgan fingerprint density at radius 2 is 1.71 bits per heavy atom. The van der Waals surface area contributed by atoms with Crippen molar-refractivity contribution in [3.05, 3.63) is 0 Å². The zero-order valence-corrected chi connectivity index (χ0v) is 20.7. The molecule has 0 aromatic carbocycles. The molecular formula is C19H38IN5O3. The highest BCUT2D eigenvalue weighted by atomic mass is 127. The molecule has 28 heavy (non-hydrogen) atoms. The normalized spacial score (nSPS) is 14.6. The lowest BCUT2D eigenvalue weighted by Gasteiger charge is -2.27. The van der Waals surface area contributed by atoms with Gasteiger partial charge in [0.25, 0.3) is 0 Å². The van der Waals surface area contributed by atoms with E-state index in [1.165, 1.54) is 0 Å². The molecule has 3 N–H and O–H groups in total. The Morgan fingerprint density at radius 3 is 2.18 bits per heavy atom. The highest BCUT2D eigenvalue weighted by Gasteiger charge is 2.34. The van der Waals surface area contributed by atoms with Crippen molar-refractivity contribution in [2.75, 3.05) is 26.2 Å². The maximum atomic E-state index is 12.4. The molecule has 0 spiro atoms. The molecule has 0 radical (unpaired) electrons. The van der Waals surface area contributed by atoms with Crippen LogP contribution in [0.4, 0.5) is 4.79 Å². The summed E-state index contributed by atoms with van der Waals surface area (Å²) in [6.45, 7) is 15.1. The smallest absolute Gasteiger partial charge is 0.410 e. The number of hydrogen-bond donors (Lipinski definition) is 3. The third-order valence-electron chi connectivity index (χ3n) is 3.50. The number of halogens is 1. The van der Waals surface area contributed by atoms with E-state index in [9.17, 15) is 9.59 Å². The second-order valence-corrected chi connectivity index (χ2v) is 8.83. The fourth-order valence-electron chi connectivity index (χ4n) is 2.37. The molecular weight excluding hydrogens is 473 g/mol. The van der Waals surface area contributed by atoms with Gasteiger partial charge in [0.1, 0.15) is 12.1 Å². The number of carbonyl (C=O) groups excluding carboxylic acids is 2. The van der Waals surface area contributed by atoms with E-state index in [2.05, 4.69) is 20.9 Å². The molecule has 0 saturated heterocycles. The van der Waals surface area contributed by atoms with Crippen LogP contribution in [0.5, 0.6) is 0 Å². The Labute approximate surface area is 186 Å². The van der Waals surface area contributed by atoms with E-state index in [0.29, 0.717) is 25.6 Å². The summed E-state index contributed by atoms with van der Waals surface area (Å²) in [7, 11) is 0. The van der Waals surface area contributed by atoms with Gasteiger partial charge in [-0.1, -0.05) is 0 Å². The molecule has 8 nitrogen and oxygen atoms in total. The number of aliphatic imine (C=N–C) groups is 1.